The van der Waals surface area contributed by atoms with Crippen molar-refractivity contribution in [3.8, 4) is 5.75 Å². The zero-order chi connectivity index (χ0) is 21.4. The maximum atomic E-state index is 12.0. The molecule has 29 heavy (non-hydrogen) atoms. The molecule has 0 unspecified atom stereocenters. The third-order valence-corrected chi connectivity index (χ3v) is 4.51. The number of hydrogen-bond donors (Lipinski definition) is 2. The maximum Gasteiger partial charge on any atom is 0.344 e. The van der Waals surface area contributed by atoms with E-state index in [0.29, 0.717) is 11.4 Å². The third kappa shape index (κ3) is 7.23. The molecule has 0 atom stereocenters. The number of anilines is 1. The quantitative estimate of drug-likeness (QED) is 0.587. The summed E-state index contributed by atoms with van der Waals surface area (Å²) >= 11 is 3.35. The maximum absolute atomic E-state index is 12.0. The molecule has 2 amide bonds. The number of nitrogens with one attached hydrogen (secondary N) is 2. The van der Waals surface area contributed by atoms with Gasteiger partial charge in [-0.25, -0.2) is 4.79 Å². The Balaban J connectivity index is 1.69. The van der Waals surface area contributed by atoms with E-state index in [-0.39, 0.29) is 19.1 Å². The van der Waals surface area contributed by atoms with Crippen LogP contribution in [0.2, 0.25) is 0 Å². The molecule has 0 radical (unpaired) electrons. The summed E-state index contributed by atoms with van der Waals surface area (Å²) in [4.78, 5) is 35.5. The highest BCUT2D eigenvalue weighted by Gasteiger charge is 2.12. The van der Waals surface area contributed by atoms with Gasteiger partial charge in [-0.2, -0.15) is 0 Å². The van der Waals surface area contributed by atoms with Crippen LogP contribution in [0.5, 0.6) is 5.75 Å². The first-order valence-corrected chi connectivity index (χ1v) is 9.73. The number of esters is 1. The summed E-state index contributed by atoms with van der Waals surface area (Å²) in [6.07, 6.45) is 0. The van der Waals surface area contributed by atoms with E-state index in [1.54, 1.807) is 12.1 Å². The van der Waals surface area contributed by atoms with Crippen LogP contribution in [0.4, 0.5) is 5.69 Å². The van der Waals surface area contributed by atoms with Crippen LogP contribution < -0.4 is 15.4 Å². The molecule has 0 aromatic heterocycles. The molecule has 0 heterocycles. The summed E-state index contributed by atoms with van der Waals surface area (Å²) in [5.41, 5.74) is 3.35. The Morgan fingerprint density at radius 3 is 2.28 bits per heavy atom. The second kappa shape index (κ2) is 10.6. The number of halogens is 1. The SMILES string of the molecule is Cc1cc(Br)ccc1NC(=O)CNC(=O)COC(=O)COc1c(C)cccc1C. The number of ether oxygens (including phenoxy) is 2. The van der Waals surface area contributed by atoms with Crippen LogP contribution >= 0.6 is 15.9 Å². The number of hydrogen-bond acceptors (Lipinski definition) is 5. The number of aryl methyl sites for hydroxylation is 3. The molecule has 7 nitrogen and oxygen atoms in total. The van der Waals surface area contributed by atoms with Crippen molar-refractivity contribution in [2.24, 2.45) is 0 Å². The zero-order valence-corrected chi connectivity index (χ0v) is 18.1. The molecule has 0 saturated heterocycles. The van der Waals surface area contributed by atoms with E-state index in [1.807, 2.05) is 45.0 Å². The van der Waals surface area contributed by atoms with Crippen molar-refractivity contribution in [3.05, 3.63) is 57.6 Å². The molecule has 2 aromatic carbocycles. The van der Waals surface area contributed by atoms with Crippen molar-refractivity contribution >= 4 is 39.4 Å². The third-order valence-electron chi connectivity index (χ3n) is 4.02. The van der Waals surface area contributed by atoms with Crippen LogP contribution in [0, 0.1) is 20.8 Å². The second-order valence-electron chi connectivity index (χ2n) is 6.45. The fourth-order valence-corrected chi connectivity index (χ4v) is 3.01. The Kier molecular flexibility index (Phi) is 8.21. The molecular formula is C21H23BrN2O5. The van der Waals surface area contributed by atoms with Crippen molar-refractivity contribution < 1.29 is 23.9 Å². The minimum Gasteiger partial charge on any atom is -0.481 e. The van der Waals surface area contributed by atoms with Gasteiger partial charge >= 0.3 is 5.97 Å². The average Bonchev–Trinajstić information content (AvgIpc) is 2.66. The molecule has 0 aliphatic heterocycles. The van der Waals surface area contributed by atoms with Gasteiger partial charge in [0.1, 0.15) is 5.75 Å². The number of amides is 2. The predicted molar refractivity (Wildman–Crippen MR) is 113 cm³/mol. The molecule has 0 saturated carbocycles. The number of carbonyl (C=O) groups excluding carboxylic acids is 3. The average molecular weight is 463 g/mol. The fourth-order valence-electron chi connectivity index (χ4n) is 2.54. The lowest BCUT2D eigenvalue weighted by molar-refractivity contribution is -0.150. The summed E-state index contributed by atoms with van der Waals surface area (Å²) in [5.74, 6) is -1.01. The largest absolute Gasteiger partial charge is 0.481 e. The van der Waals surface area contributed by atoms with E-state index in [0.717, 1.165) is 21.2 Å². The molecular weight excluding hydrogens is 440 g/mol. The molecule has 2 rings (SSSR count). The summed E-state index contributed by atoms with van der Waals surface area (Å²) < 4.78 is 11.3. The van der Waals surface area contributed by atoms with Gasteiger partial charge in [0.25, 0.3) is 5.91 Å². The van der Waals surface area contributed by atoms with Crippen LogP contribution in [0.1, 0.15) is 16.7 Å². The molecule has 8 heteroatoms. The lowest BCUT2D eigenvalue weighted by Gasteiger charge is -2.12. The second-order valence-corrected chi connectivity index (χ2v) is 7.37. The van der Waals surface area contributed by atoms with Crippen molar-refractivity contribution in [2.45, 2.75) is 20.8 Å². The Labute approximate surface area is 177 Å². The fraction of sp³-hybridized carbons (Fsp3) is 0.286. The van der Waals surface area contributed by atoms with Crippen LogP contribution in [0.3, 0.4) is 0 Å². The van der Waals surface area contributed by atoms with E-state index in [9.17, 15) is 14.4 Å². The smallest absolute Gasteiger partial charge is 0.344 e. The van der Waals surface area contributed by atoms with E-state index >= 15 is 0 Å². The van der Waals surface area contributed by atoms with Crippen LogP contribution in [0.15, 0.2) is 40.9 Å². The summed E-state index contributed by atoms with van der Waals surface area (Å²) in [6.45, 7) is 4.59. The topological polar surface area (TPSA) is 93.7 Å². The van der Waals surface area contributed by atoms with Gasteiger partial charge in [-0.15, -0.1) is 0 Å². The van der Waals surface area contributed by atoms with E-state index in [2.05, 4.69) is 26.6 Å². The summed E-state index contributed by atoms with van der Waals surface area (Å²) in [6, 6.07) is 11.1. The van der Waals surface area contributed by atoms with E-state index < -0.39 is 18.5 Å². The number of carbonyl (C=O) groups is 3. The van der Waals surface area contributed by atoms with Crippen LogP contribution in [0.25, 0.3) is 0 Å². The zero-order valence-electron chi connectivity index (χ0n) is 16.5. The molecule has 0 fully saturated rings. The Hall–Kier alpha value is -2.87. The van der Waals surface area contributed by atoms with Gasteiger partial charge in [-0.1, -0.05) is 34.1 Å². The highest BCUT2D eigenvalue weighted by atomic mass is 79.9. The lowest BCUT2D eigenvalue weighted by Crippen LogP contribution is -2.36. The van der Waals surface area contributed by atoms with E-state index in [1.165, 1.54) is 0 Å². The molecule has 0 spiro atoms. The first kappa shape index (κ1) is 22.4. The van der Waals surface area contributed by atoms with Gasteiger partial charge in [0.2, 0.25) is 5.91 Å². The Morgan fingerprint density at radius 2 is 1.62 bits per heavy atom. The minimum atomic E-state index is -0.669. The van der Waals surface area contributed by atoms with Crippen LogP contribution in [-0.4, -0.2) is 37.5 Å². The first-order valence-electron chi connectivity index (χ1n) is 8.93. The van der Waals surface area contributed by atoms with Crippen molar-refractivity contribution in [1.82, 2.24) is 5.32 Å². The molecule has 154 valence electrons. The van der Waals surface area contributed by atoms with Gasteiger partial charge in [-0.05, 0) is 55.7 Å². The molecule has 2 aromatic rings. The molecule has 2 N–H and O–H groups in total. The highest BCUT2D eigenvalue weighted by Crippen LogP contribution is 2.22. The van der Waals surface area contributed by atoms with Crippen molar-refractivity contribution in [2.75, 3.05) is 25.1 Å². The van der Waals surface area contributed by atoms with Gasteiger partial charge in [0.15, 0.2) is 13.2 Å². The normalized spacial score (nSPS) is 10.2. The lowest BCUT2D eigenvalue weighted by atomic mass is 10.1. The molecule has 0 aliphatic rings. The molecule has 0 aliphatic carbocycles. The standard InChI is InChI=1S/C21H23BrN2O5/c1-13-5-4-6-14(2)21(13)29-12-20(27)28-11-19(26)23-10-18(25)24-17-8-7-16(22)9-15(17)3/h4-9H,10-12H2,1-3H3,(H,23,26)(H,24,25). The first-order chi connectivity index (χ1) is 13.8. The van der Waals surface area contributed by atoms with Gasteiger partial charge < -0.3 is 20.1 Å². The predicted octanol–water partition coefficient (Wildman–Crippen LogP) is 3.05. The van der Waals surface area contributed by atoms with E-state index in [4.69, 9.17) is 9.47 Å². The van der Waals surface area contributed by atoms with Gasteiger partial charge in [0.05, 0.1) is 6.54 Å². The van der Waals surface area contributed by atoms with Gasteiger partial charge in [-0.3, -0.25) is 9.59 Å². The highest BCUT2D eigenvalue weighted by molar-refractivity contribution is 9.10. The van der Waals surface area contributed by atoms with Gasteiger partial charge in [0, 0.05) is 10.2 Å². The number of benzene rings is 2. The van der Waals surface area contributed by atoms with Crippen LogP contribution in [-0.2, 0) is 19.1 Å². The summed E-state index contributed by atoms with van der Waals surface area (Å²) in [5, 5.41) is 5.11. The van der Waals surface area contributed by atoms with Crippen molar-refractivity contribution in [1.29, 1.82) is 0 Å². The Morgan fingerprint density at radius 1 is 0.931 bits per heavy atom. The van der Waals surface area contributed by atoms with Crippen molar-refractivity contribution in [3.63, 3.8) is 0 Å². The monoisotopic (exact) mass is 462 g/mol. The molecule has 0 bridgehead atoms. The summed E-state index contributed by atoms with van der Waals surface area (Å²) in [7, 11) is 0. The number of para-hydroxylation sites is 1. The Bertz CT molecular complexity index is 894. The minimum absolute atomic E-state index is 0.231. The number of rotatable bonds is 8.